The van der Waals surface area contributed by atoms with Gasteiger partial charge in [0.05, 0.1) is 12.1 Å². The van der Waals surface area contributed by atoms with E-state index >= 15 is 0 Å². The highest BCUT2D eigenvalue weighted by Crippen LogP contribution is 2.23. The lowest BCUT2D eigenvalue weighted by Crippen LogP contribution is -2.51. The predicted octanol–water partition coefficient (Wildman–Crippen LogP) is 2.16. The van der Waals surface area contributed by atoms with E-state index in [0.29, 0.717) is 11.8 Å². The van der Waals surface area contributed by atoms with Gasteiger partial charge in [0.25, 0.3) is 0 Å². The molecule has 2 aliphatic rings. The molecular weight excluding hydrogens is 264 g/mol. The van der Waals surface area contributed by atoms with Crippen LogP contribution in [-0.2, 0) is 4.79 Å². The maximum Gasteiger partial charge on any atom is 0.237 e. The number of hydrogen-bond donors (Lipinski definition) is 2. The summed E-state index contributed by atoms with van der Waals surface area (Å²) in [6, 6.07) is -0.0739. The van der Waals surface area contributed by atoms with Crippen molar-refractivity contribution < 1.29 is 9.90 Å². The Hall–Kier alpha value is -0.610. The van der Waals surface area contributed by atoms with E-state index in [-0.39, 0.29) is 18.1 Å². The van der Waals surface area contributed by atoms with Gasteiger partial charge in [-0.15, -0.1) is 0 Å². The van der Waals surface area contributed by atoms with Crippen molar-refractivity contribution >= 4 is 5.91 Å². The molecule has 0 spiro atoms. The maximum atomic E-state index is 12.3. The molecule has 1 heterocycles. The SMILES string of the molecule is CC(O)C1CCCN(C(C)C(=O)NCC2CCCCC2)C1. The van der Waals surface area contributed by atoms with E-state index in [1.165, 1.54) is 32.1 Å². The number of likely N-dealkylation sites (tertiary alicyclic amines) is 1. The molecule has 2 N–H and O–H groups in total. The number of aliphatic hydroxyl groups is 1. The summed E-state index contributed by atoms with van der Waals surface area (Å²) in [6.07, 6.45) is 8.40. The van der Waals surface area contributed by atoms with Gasteiger partial charge in [0.15, 0.2) is 0 Å². The van der Waals surface area contributed by atoms with Gasteiger partial charge in [-0.2, -0.15) is 0 Å². The van der Waals surface area contributed by atoms with Crippen molar-refractivity contribution in [3.05, 3.63) is 0 Å². The van der Waals surface area contributed by atoms with Gasteiger partial charge >= 0.3 is 0 Å². The molecule has 0 aromatic rings. The molecule has 1 saturated carbocycles. The van der Waals surface area contributed by atoms with Crippen LogP contribution in [0.1, 0.15) is 58.8 Å². The van der Waals surface area contributed by atoms with Crippen molar-refractivity contribution in [2.75, 3.05) is 19.6 Å². The average Bonchev–Trinajstić information content (AvgIpc) is 2.53. The lowest BCUT2D eigenvalue weighted by molar-refractivity contribution is -0.127. The van der Waals surface area contributed by atoms with Gasteiger partial charge in [-0.25, -0.2) is 0 Å². The van der Waals surface area contributed by atoms with E-state index in [2.05, 4.69) is 10.2 Å². The Labute approximate surface area is 129 Å². The number of hydrogen-bond acceptors (Lipinski definition) is 3. The first-order valence-corrected chi connectivity index (χ1v) is 8.77. The Morgan fingerprint density at radius 3 is 2.57 bits per heavy atom. The van der Waals surface area contributed by atoms with E-state index in [9.17, 15) is 9.90 Å². The van der Waals surface area contributed by atoms with Gasteiger partial charge in [0.2, 0.25) is 5.91 Å². The smallest absolute Gasteiger partial charge is 0.237 e. The van der Waals surface area contributed by atoms with E-state index in [4.69, 9.17) is 0 Å². The second kappa shape index (κ2) is 8.14. The molecule has 4 heteroatoms. The van der Waals surface area contributed by atoms with Crippen molar-refractivity contribution in [1.82, 2.24) is 10.2 Å². The minimum atomic E-state index is -0.273. The minimum Gasteiger partial charge on any atom is -0.393 e. The van der Waals surface area contributed by atoms with Crippen molar-refractivity contribution in [1.29, 1.82) is 0 Å². The van der Waals surface area contributed by atoms with Crippen molar-refractivity contribution in [3.63, 3.8) is 0 Å². The Morgan fingerprint density at radius 2 is 1.90 bits per heavy atom. The van der Waals surface area contributed by atoms with Gasteiger partial charge in [0.1, 0.15) is 0 Å². The van der Waals surface area contributed by atoms with E-state index in [0.717, 1.165) is 32.5 Å². The predicted molar refractivity (Wildman–Crippen MR) is 85.0 cm³/mol. The molecule has 0 bridgehead atoms. The van der Waals surface area contributed by atoms with Crippen molar-refractivity contribution in [3.8, 4) is 0 Å². The number of carbonyl (C=O) groups excluding carboxylic acids is 1. The number of piperidine rings is 1. The molecule has 21 heavy (non-hydrogen) atoms. The third kappa shape index (κ3) is 4.96. The molecule has 0 aromatic carbocycles. The van der Waals surface area contributed by atoms with Crippen LogP contribution in [0.25, 0.3) is 0 Å². The molecule has 1 aliphatic heterocycles. The van der Waals surface area contributed by atoms with Crippen LogP contribution in [0.4, 0.5) is 0 Å². The number of amides is 1. The van der Waals surface area contributed by atoms with Crippen LogP contribution in [0.3, 0.4) is 0 Å². The summed E-state index contributed by atoms with van der Waals surface area (Å²) in [4.78, 5) is 14.6. The molecule has 1 saturated heterocycles. The number of rotatable bonds is 5. The van der Waals surface area contributed by atoms with Crippen LogP contribution in [-0.4, -0.2) is 47.7 Å². The third-order valence-corrected chi connectivity index (χ3v) is 5.39. The summed E-state index contributed by atoms with van der Waals surface area (Å²) in [5.41, 5.74) is 0. The second-order valence-electron chi connectivity index (χ2n) is 7.06. The largest absolute Gasteiger partial charge is 0.393 e. The highest BCUT2D eigenvalue weighted by atomic mass is 16.3. The Balaban J connectivity index is 1.75. The summed E-state index contributed by atoms with van der Waals surface area (Å²) in [5.74, 6) is 1.15. The fourth-order valence-corrected chi connectivity index (χ4v) is 3.74. The normalized spacial score (nSPS) is 28.0. The zero-order valence-electron chi connectivity index (χ0n) is 13.7. The highest BCUT2D eigenvalue weighted by molar-refractivity contribution is 5.81. The quantitative estimate of drug-likeness (QED) is 0.817. The minimum absolute atomic E-state index is 0.0739. The summed E-state index contributed by atoms with van der Waals surface area (Å²) in [5, 5.41) is 12.9. The summed E-state index contributed by atoms with van der Waals surface area (Å²) < 4.78 is 0. The number of aliphatic hydroxyl groups excluding tert-OH is 1. The first-order valence-electron chi connectivity index (χ1n) is 8.77. The summed E-state index contributed by atoms with van der Waals surface area (Å²) in [6.45, 7) is 6.52. The van der Waals surface area contributed by atoms with Crippen LogP contribution in [0, 0.1) is 11.8 Å². The number of carbonyl (C=O) groups is 1. The molecule has 3 unspecified atom stereocenters. The first kappa shape index (κ1) is 16.8. The van der Waals surface area contributed by atoms with Crippen LogP contribution in [0.15, 0.2) is 0 Å². The lowest BCUT2D eigenvalue weighted by Gasteiger charge is -2.37. The maximum absolute atomic E-state index is 12.3. The molecule has 0 aromatic heterocycles. The zero-order chi connectivity index (χ0) is 15.2. The molecule has 4 nitrogen and oxygen atoms in total. The van der Waals surface area contributed by atoms with Crippen molar-refractivity contribution in [2.24, 2.45) is 11.8 Å². The standard InChI is InChI=1S/C17H32N2O2/c1-13(19-10-6-9-16(12-19)14(2)20)17(21)18-11-15-7-4-3-5-8-15/h13-16,20H,3-12H2,1-2H3,(H,18,21). The molecule has 1 amide bonds. The van der Waals surface area contributed by atoms with Gasteiger partial charge in [0, 0.05) is 13.1 Å². The van der Waals surface area contributed by atoms with Gasteiger partial charge in [-0.05, 0) is 57.9 Å². The zero-order valence-corrected chi connectivity index (χ0v) is 13.7. The fraction of sp³-hybridized carbons (Fsp3) is 0.941. The number of nitrogens with one attached hydrogen (secondary N) is 1. The topological polar surface area (TPSA) is 52.6 Å². The molecule has 122 valence electrons. The Kier molecular flexibility index (Phi) is 6.49. The van der Waals surface area contributed by atoms with Crippen LogP contribution >= 0.6 is 0 Å². The fourth-order valence-electron chi connectivity index (χ4n) is 3.74. The van der Waals surface area contributed by atoms with E-state index in [1.807, 2.05) is 13.8 Å². The van der Waals surface area contributed by atoms with E-state index < -0.39 is 0 Å². The first-order chi connectivity index (χ1) is 10.1. The lowest BCUT2D eigenvalue weighted by atomic mass is 9.89. The molecule has 0 radical (unpaired) electrons. The summed E-state index contributed by atoms with van der Waals surface area (Å²) in [7, 11) is 0. The number of nitrogens with zero attached hydrogens (tertiary/aromatic N) is 1. The highest BCUT2D eigenvalue weighted by Gasteiger charge is 2.29. The molecule has 1 aliphatic carbocycles. The van der Waals surface area contributed by atoms with Gasteiger partial charge in [-0.1, -0.05) is 19.3 Å². The average molecular weight is 296 g/mol. The molecular formula is C17H32N2O2. The van der Waals surface area contributed by atoms with Crippen LogP contribution in [0.5, 0.6) is 0 Å². The Morgan fingerprint density at radius 1 is 1.19 bits per heavy atom. The van der Waals surface area contributed by atoms with Crippen molar-refractivity contribution in [2.45, 2.75) is 70.9 Å². The Bertz CT molecular complexity index is 327. The monoisotopic (exact) mass is 296 g/mol. The van der Waals surface area contributed by atoms with Gasteiger partial charge in [-0.3, -0.25) is 9.69 Å². The second-order valence-corrected chi connectivity index (χ2v) is 7.06. The van der Waals surface area contributed by atoms with E-state index in [1.54, 1.807) is 0 Å². The van der Waals surface area contributed by atoms with Crippen LogP contribution < -0.4 is 5.32 Å². The summed E-state index contributed by atoms with van der Waals surface area (Å²) >= 11 is 0. The molecule has 2 rings (SSSR count). The third-order valence-electron chi connectivity index (χ3n) is 5.39. The molecule has 2 fully saturated rings. The van der Waals surface area contributed by atoms with Gasteiger partial charge < -0.3 is 10.4 Å². The molecule has 3 atom stereocenters. The van der Waals surface area contributed by atoms with Crippen LogP contribution in [0.2, 0.25) is 0 Å².